The molecule has 3 aliphatic heterocycles. The minimum Gasteiger partial charge on any atom is -0.494 e. The van der Waals surface area contributed by atoms with E-state index in [1.807, 2.05) is 24.1 Å². The average molecular weight is 1160 g/mol. The number of H-pyrrole nitrogens is 1. The number of fused-ring (bicyclic) bond motifs is 2. The van der Waals surface area contributed by atoms with Gasteiger partial charge in [0.15, 0.2) is 12.0 Å². The van der Waals surface area contributed by atoms with Crippen molar-refractivity contribution in [2.24, 2.45) is 20.5 Å². The number of rotatable bonds is 28. The number of carbonyl (C=O) groups excluding carboxylic acids is 2. The number of azo groups is 2. The Morgan fingerprint density at radius 2 is 1.57 bits per heavy atom. The van der Waals surface area contributed by atoms with Gasteiger partial charge >= 0.3 is 6.97 Å². The van der Waals surface area contributed by atoms with Crippen LogP contribution in [0.2, 0.25) is 0 Å². The Morgan fingerprint density at radius 1 is 0.881 bits per heavy atom. The lowest BCUT2D eigenvalue weighted by molar-refractivity contribution is -0.384. The number of halogens is 2. The maximum absolute atomic E-state index is 16.1. The van der Waals surface area contributed by atoms with Crippen LogP contribution in [0.4, 0.5) is 42.8 Å². The van der Waals surface area contributed by atoms with Crippen LogP contribution in [0.3, 0.4) is 0 Å². The van der Waals surface area contributed by atoms with E-state index in [0.717, 1.165) is 14.7 Å². The number of aliphatic hydroxyl groups is 3. The van der Waals surface area contributed by atoms with Crippen LogP contribution in [0.25, 0.3) is 17.5 Å². The molecular formula is C55H63BF2N14O12. The Bertz CT molecular complexity index is 3430. The van der Waals surface area contributed by atoms with Crippen molar-refractivity contribution in [3.63, 3.8) is 0 Å². The van der Waals surface area contributed by atoms with Crippen LogP contribution >= 0.6 is 0 Å². The summed E-state index contributed by atoms with van der Waals surface area (Å²) in [5.41, 5.74) is 5.02. The number of nitrogens with one attached hydrogen (secondary N) is 3. The quantitative estimate of drug-likeness (QED) is 0.00968. The first-order valence-corrected chi connectivity index (χ1v) is 27.0. The fraction of sp³-hybridized carbons (Fsp3) is 0.364. The topological polar surface area (TPSA) is 315 Å². The highest BCUT2D eigenvalue weighted by molar-refractivity contribution is 6.58. The summed E-state index contributed by atoms with van der Waals surface area (Å²) in [7, 11) is 4.86. The molecule has 29 heteroatoms. The second kappa shape index (κ2) is 27.5. The van der Waals surface area contributed by atoms with Crippen molar-refractivity contribution in [1.29, 1.82) is 0 Å². The highest BCUT2D eigenvalue weighted by atomic mass is 19.2. The zero-order valence-corrected chi connectivity index (χ0v) is 46.1. The van der Waals surface area contributed by atoms with Gasteiger partial charge in [0.1, 0.15) is 58.7 Å². The number of aliphatic hydroxyl groups excluding tert-OH is 3. The summed E-state index contributed by atoms with van der Waals surface area (Å²) >= 11 is 0. The summed E-state index contributed by atoms with van der Waals surface area (Å²) in [6.07, 6.45) is 2.58. The maximum atomic E-state index is 16.1. The lowest BCUT2D eigenvalue weighted by Gasteiger charge is -2.40. The molecule has 5 atom stereocenters. The molecule has 1 saturated heterocycles. The van der Waals surface area contributed by atoms with Gasteiger partial charge in [0, 0.05) is 112 Å². The van der Waals surface area contributed by atoms with Crippen LogP contribution in [0.5, 0.6) is 11.5 Å². The number of aromatic amines is 1. The normalized spacial score (nSPS) is 18.9. The van der Waals surface area contributed by atoms with Gasteiger partial charge in [-0.05, 0) is 73.5 Å². The fourth-order valence-corrected chi connectivity index (χ4v) is 9.59. The van der Waals surface area contributed by atoms with E-state index in [2.05, 4.69) is 46.4 Å². The number of amides is 2. The van der Waals surface area contributed by atoms with E-state index in [1.54, 1.807) is 79.2 Å². The average Bonchev–Trinajstić information content (AvgIpc) is 2.08. The molecule has 2 amide bonds. The first kappa shape index (κ1) is 59.7. The zero-order chi connectivity index (χ0) is 59.3. The van der Waals surface area contributed by atoms with Gasteiger partial charge in [0.05, 0.1) is 68.8 Å². The number of non-ortho nitro benzene ring substituents is 1. The third-order valence-electron chi connectivity index (χ3n) is 14.0. The fourth-order valence-electron chi connectivity index (χ4n) is 9.59. The number of nitro groups is 1. The van der Waals surface area contributed by atoms with E-state index in [1.165, 1.54) is 43.2 Å². The first-order valence-electron chi connectivity index (χ1n) is 27.0. The SMILES string of the molecule is COc1cc(/N=N/c2ccc([N+](=O)[O-])cc2)c(OC)cc1/N=N/c1ccc(N(C)CCCC(=O)NCCCO[C@@H]2O[C@H](COCc3cn(CCNC(=O)CCC4=[N+]5C(=Cc6ccc(-c7ccc[nH]7)n6[B-]5(F)F)C=C4)nn3)[C@@H](O)[C@H](O)[C@H]2O)cc1. The second-order valence-corrected chi connectivity index (χ2v) is 19.8. The molecule has 0 bridgehead atoms. The maximum Gasteiger partial charge on any atom is 0.737 e. The van der Waals surface area contributed by atoms with Gasteiger partial charge in [-0.15, -0.1) is 15.3 Å². The smallest absolute Gasteiger partial charge is 0.494 e. The van der Waals surface area contributed by atoms with Gasteiger partial charge in [-0.2, -0.15) is 10.2 Å². The molecule has 6 heterocycles. The van der Waals surface area contributed by atoms with Crippen LogP contribution in [-0.4, -0.2) is 159 Å². The highest BCUT2D eigenvalue weighted by Crippen LogP contribution is 2.41. The Morgan fingerprint density at radius 3 is 2.25 bits per heavy atom. The second-order valence-electron chi connectivity index (χ2n) is 19.8. The summed E-state index contributed by atoms with van der Waals surface area (Å²) in [5, 5.41) is 73.7. The number of hydrogen-bond acceptors (Lipinski definition) is 19. The number of carbonyl (C=O) groups is 2. The summed E-state index contributed by atoms with van der Waals surface area (Å²) in [4.78, 5) is 41.0. The molecule has 9 rings (SSSR count). The van der Waals surface area contributed by atoms with Gasteiger partial charge in [-0.1, -0.05) is 5.21 Å². The molecule has 3 aliphatic rings. The molecule has 3 aromatic heterocycles. The molecule has 3 aromatic carbocycles. The monoisotopic (exact) mass is 1160 g/mol. The van der Waals surface area contributed by atoms with E-state index in [-0.39, 0.29) is 76.2 Å². The predicted molar refractivity (Wildman–Crippen MR) is 302 cm³/mol. The van der Waals surface area contributed by atoms with E-state index in [9.17, 15) is 35.0 Å². The van der Waals surface area contributed by atoms with E-state index >= 15 is 8.63 Å². The Balaban J connectivity index is 0.635. The van der Waals surface area contributed by atoms with Crippen molar-refractivity contribution >= 4 is 64.7 Å². The molecule has 1 fully saturated rings. The lowest BCUT2D eigenvalue weighted by Crippen LogP contribution is -2.59. The van der Waals surface area contributed by atoms with Crippen molar-refractivity contribution in [2.45, 2.75) is 76.0 Å². The van der Waals surface area contributed by atoms with Crippen molar-refractivity contribution in [3.8, 4) is 22.9 Å². The number of nitro benzene ring substituents is 1. The molecule has 442 valence electrons. The molecule has 0 unspecified atom stereocenters. The van der Waals surface area contributed by atoms with Gasteiger partial charge < -0.3 is 77.1 Å². The predicted octanol–water partition coefficient (Wildman–Crippen LogP) is 6.79. The lowest BCUT2D eigenvalue weighted by atomic mass is 9.90. The minimum absolute atomic E-state index is 0.0120. The van der Waals surface area contributed by atoms with Crippen molar-refractivity contribution in [3.05, 3.63) is 137 Å². The molecule has 0 saturated carbocycles. The largest absolute Gasteiger partial charge is 0.737 e. The number of methoxy groups -OCH3 is 2. The number of hydrogen-bond donors (Lipinski definition) is 6. The Labute approximate surface area is 480 Å². The van der Waals surface area contributed by atoms with Crippen LogP contribution in [0, 0.1) is 10.1 Å². The number of ether oxygens (including phenoxy) is 5. The van der Waals surface area contributed by atoms with Crippen LogP contribution in [-0.2, 0) is 37.0 Å². The number of benzene rings is 3. The Hall–Kier alpha value is -8.87. The van der Waals surface area contributed by atoms with Gasteiger partial charge in [-0.25, -0.2) is 0 Å². The summed E-state index contributed by atoms with van der Waals surface area (Å²) in [6.45, 7) is -3.07. The summed E-state index contributed by atoms with van der Waals surface area (Å²) in [6, 6.07) is 23.0. The highest BCUT2D eigenvalue weighted by Gasteiger charge is 2.52. The van der Waals surface area contributed by atoms with Crippen LogP contribution in [0.1, 0.15) is 43.5 Å². The molecule has 6 N–H and O–H groups in total. The van der Waals surface area contributed by atoms with Crippen molar-refractivity contribution < 1.29 is 66.6 Å². The summed E-state index contributed by atoms with van der Waals surface area (Å²) < 4.78 is 64.0. The molecule has 26 nitrogen and oxygen atoms in total. The molecule has 0 radical (unpaired) electrons. The molecular weight excluding hydrogens is 1100 g/mol. The first-order chi connectivity index (χ1) is 40.6. The number of anilines is 1. The summed E-state index contributed by atoms with van der Waals surface area (Å²) in [5.74, 6) is 0.242. The van der Waals surface area contributed by atoms with Crippen molar-refractivity contribution in [2.75, 3.05) is 59.0 Å². The van der Waals surface area contributed by atoms with Gasteiger partial charge in [-0.3, -0.25) is 24.4 Å². The number of aromatic nitrogens is 5. The standard InChI is InChI=1S/C55H63BF2N14O12/c1-68(38-13-9-35(10-14-38)62-65-44-30-48(81-3)45(31-47(44)80-2)66-63-36-11-15-40(16-12-36)72(78)79)26-5-8-50(73)60-24-6-28-83-55-54(77)53(76)52(75)49(84-55)34-82-33-37-32-69(67-64-37)27-25-61-51(74)22-20-39-17-18-41-29-42-19-21-46(43-7-4-23-59-43)71(42)56(57,58)70(39)41/h4,7,9-19,21,23,29-32,49,52-55,59,75-77H,5-6,8,20,22,24-28,33-34H2,1-3H3,(H,60,73)(H,61,74)/b65-62+,66-63+/t49-,52-,53+,54-,55-/m1/s1. The minimum atomic E-state index is -4.23. The third-order valence-corrected chi connectivity index (χ3v) is 14.0. The van der Waals surface area contributed by atoms with E-state index < -0.39 is 42.6 Å². The van der Waals surface area contributed by atoms with E-state index in [0.29, 0.717) is 87.8 Å². The number of allylic oxidation sites excluding steroid dienone is 2. The van der Waals surface area contributed by atoms with Crippen molar-refractivity contribution in [1.82, 2.24) is 35.1 Å². The molecule has 6 aromatic rings. The van der Waals surface area contributed by atoms with Gasteiger partial charge in [0.2, 0.25) is 11.8 Å². The van der Waals surface area contributed by atoms with Crippen LogP contribution in [0.15, 0.2) is 136 Å². The van der Waals surface area contributed by atoms with E-state index in [4.69, 9.17) is 23.7 Å². The zero-order valence-electron chi connectivity index (χ0n) is 46.1. The molecule has 0 aliphatic carbocycles. The van der Waals surface area contributed by atoms with Gasteiger partial charge in [0.25, 0.3) is 5.69 Å². The number of nitrogens with zero attached hydrogens (tertiary/aromatic N) is 11. The molecule has 0 spiro atoms. The van der Waals surface area contributed by atoms with Crippen LogP contribution < -0.4 is 25.0 Å². The molecule has 84 heavy (non-hydrogen) atoms. The Kier molecular flexibility index (Phi) is 19.5. The third kappa shape index (κ3) is 14.5.